The van der Waals surface area contributed by atoms with E-state index >= 15 is 0 Å². The molecule has 1 N–H and O–H groups in total. The van der Waals surface area contributed by atoms with Gasteiger partial charge in [-0.15, -0.1) is 0 Å². The summed E-state index contributed by atoms with van der Waals surface area (Å²) in [5.41, 5.74) is -1.98. The molecule has 1 aromatic rings. The number of nitrogens with one attached hydrogen (secondary N) is 1. The maximum absolute atomic E-state index is 13.1. The van der Waals surface area contributed by atoms with Gasteiger partial charge in [0.05, 0.1) is 31.8 Å². The molecule has 2 saturated heterocycles. The van der Waals surface area contributed by atoms with Crippen molar-refractivity contribution in [1.29, 1.82) is 0 Å². The maximum atomic E-state index is 13.1. The van der Waals surface area contributed by atoms with E-state index in [4.69, 9.17) is 27.8 Å². The third-order valence-electron chi connectivity index (χ3n) is 5.27. The number of hydrogen-bond acceptors (Lipinski definition) is 10. The smallest absolute Gasteiger partial charge is 0.463 e. The number of methoxy groups -OCH3 is 1. The van der Waals surface area contributed by atoms with Crippen LogP contribution in [-0.2, 0) is 37.1 Å². The Morgan fingerprint density at radius 2 is 2.09 bits per heavy atom. The fraction of sp³-hybridized carbons (Fsp3) is 0.737. The van der Waals surface area contributed by atoms with Crippen LogP contribution < -0.4 is 11.2 Å². The van der Waals surface area contributed by atoms with Gasteiger partial charge in [-0.3, -0.25) is 32.7 Å². The minimum atomic E-state index is -4.00. The molecule has 3 rings (SSSR count). The average Bonchev–Trinajstić information content (AvgIpc) is 2.95. The van der Waals surface area contributed by atoms with Crippen molar-refractivity contribution in [3.8, 4) is 0 Å². The molecule has 12 nitrogen and oxygen atoms in total. The van der Waals surface area contributed by atoms with Crippen LogP contribution in [0.4, 0.5) is 0 Å². The monoisotopic (exact) mass is 476 g/mol. The average molecular weight is 476 g/mol. The van der Waals surface area contributed by atoms with Crippen LogP contribution in [0.25, 0.3) is 0 Å². The van der Waals surface area contributed by atoms with E-state index in [1.807, 2.05) is 0 Å². The summed E-state index contributed by atoms with van der Waals surface area (Å²) < 4.78 is 47.1. The molecule has 3 heterocycles. The number of esters is 1. The zero-order valence-electron chi connectivity index (χ0n) is 18.6. The van der Waals surface area contributed by atoms with Gasteiger partial charge in [-0.05, 0) is 13.8 Å². The number of carbonyl (C=O) groups excluding carboxylic acids is 1. The summed E-state index contributed by atoms with van der Waals surface area (Å²) in [5.74, 6) is -0.473. The normalized spacial score (nSPS) is 30.1. The van der Waals surface area contributed by atoms with Crippen molar-refractivity contribution in [2.75, 3.05) is 20.3 Å². The molecular weight excluding hydrogens is 447 g/mol. The van der Waals surface area contributed by atoms with Gasteiger partial charge in [-0.2, -0.15) is 0 Å². The predicted octanol–water partition coefficient (Wildman–Crippen LogP) is 1.36. The van der Waals surface area contributed by atoms with Gasteiger partial charge in [0.1, 0.15) is 18.4 Å². The second kappa shape index (κ2) is 9.58. The van der Waals surface area contributed by atoms with E-state index in [1.54, 1.807) is 27.7 Å². The lowest BCUT2D eigenvalue weighted by Crippen LogP contribution is -2.42. The van der Waals surface area contributed by atoms with Crippen molar-refractivity contribution in [3.63, 3.8) is 0 Å². The van der Waals surface area contributed by atoms with Gasteiger partial charge in [0.25, 0.3) is 5.56 Å². The lowest BCUT2D eigenvalue weighted by molar-refractivity contribution is -0.151. The molecule has 32 heavy (non-hydrogen) atoms. The van der Waals surface area contributed by atoms with Gasteiger partial charge in [-0.25, -0.2) is 9.36 Å². The van der Waals surface area contributed by atoms with E-state index in [9.17, 15) is 18.9 Å². The Labute approximate surface area is 184 Å². The molecule has 0 radical (unpaired) electrons. The first kappa shape index (κ1) is 24.8. The summed E-state index contributed by atoms with van der Waals surface area (Å²) in [6.45, 7) is 6.73. The standard InChI is InChI=1S/C19H29N2O10P/c1-11(2)29-15(23)8-12(26-5)9-27-32(25)28-10-13-16(31-32)19(3,4)17(30-13)21-7-6-14(22)20-18(21)24/h6-7,11-13,16-17H,8-10H2,1-5H3,(H,20,22,24)/t12-,13+,16+,17+,32-/m0/s1. The molecule has 0 aromatic carbocycles. The molecule has 180 valence electrons. The Balaban J connectivity index is 1.68. The minimum absolute atomic E-state index is 0.0903. The SMILES string of the molecule is CO[C@H](CO[P@@]1(=O)OC[C@H]2O[C@@H](n3ccc(=O)[nH]c3=O)C(C)(C)[C@@H]2O1)CC(=O)OC(C)C. The second-order valence-corrected chi connectivity index (χ2v) is 10.2. The van der Waals surface area contributed by atoms with E-state index in [0.29, 0.717) is 0 Å². The van der Waals surface area contributed by atoms with Crippen molar-refractivity contribution >= 4 is 13.8 Å². The van der Waals surface area contributed by atoms with Crippen LogP contribution in [0.15, 0.2) is 21.9 Å². The Morgan fingerprint density at radius 3 is 2.72 bits per heavy atom. The molecule has 0 amide bonds. The van der Waals surface area contributed by atoms with Crippen LogP contribution in [0.5, 0.6) is 0 Å². The van der Waals surface area contributed by atoms with E-state index in [1.165, 1.54) is 23.9 Å². The number of phosphoric ester groups is 1. The largest absolute Gasteiger partial charge is 0.475 e. The Hall–Kier alpha value is -1.82. The molecule has 0 unspecified atom stereocenters. The van der Waals surface area contributed by atoms with Gasteiger partial charge in [-0.1, -0.05) is 13.8 Å². The number of phosphoric acid groups is 1. The molecule has 0 saturated carbocycles. The third kappa shape index (κ3) is 5.38. The Kier molecular flexibility index (Phi) is 7.43. The summed E-state index contributed by atoms with van der Waals surface area (Å²) in [5, 5.41) is 0. The summed E-state index contributed by atoms with van der Waals surface area (Å²) in [6, 6.07) is 1.21. The highest BCUT2D eigenvalue weighted by atomic mass is 31.2. The molecule has 0 bridgehead atoms. The van der Waals surface area contributed by atoms with E-state index in [-0.39, 0.29) is 25.7 Å². The van der Waals surface area contributed by atoms with Crippen LogP contribution in [0, 0.1) is 5.41 Å². The zero-order chi connectivity index (χ0) is 23.7. The number of rotatable bonds is 8. The first-order chi connectivity index (χ1) is 14.9. The number of nitrogens with zero attached hydrogens (tertiary/aromatic N) is 1. The molecule has 13 heteroatoms. The minimum Gasteiger partial charge on any atom is -0.463 e. The fourth-order valence-corrected chi connectivity index (χ4v) is 5.24. The number of hydrogen-bond donors (Lipinski definition) is 1. The highest BCUT2D eigenvalue weighted by Gasteiger charge is 2.58. The fourth-order valence-electron chi connectivity index (χ4n) is 3.68. The van der Waals surface area contributed by atoms with Crippen LogP contribution in [0.2, 0.25) is 0 Å². The van der Waals surface area contributed by atoms with E-state index < -0.39 is 55.0 Å². The van der Waals surface area contributed by atoms with Crippen LogP contribution in [0.1, 0.15) is 40.3 Å². The Bertz CT molecular complexity index is 987. The second-order valence-electron chi connectivity index (χ2n) is 8.53. The first-order valence-electron chi connectivity index (χ1n) is 10.2. The van der Waals surface area contributed by atoms with Gasteiger partial charge in [0, 0.05) is 24.8 Å². The number of ether oxygens (including phenoxy) is 3. The zero-order valence-corrected chi connectivity index (χ0v) is 19.5. The summed E-state index contributed by atoms with van der Waals surface area (Å²) in [7, 11) is -2.60. The van der Waals surface area contributed by atoms with Gasteiger partial charge < -0.3 is 14.2 Å². The molecule has 0 aliphatic carbocycles. The van der Waals surface area contributed by atoms with Gasteiger partial charge in [0.15, 0.2) is 0 Å². The van der Waals surface area contributed by atoms with E-state index in [0.717, 1.165) is 0 Å². The van der Waals surface area contributed by atoms with Gasteiger partial charge >= 0.3 is 19.5 Å². The number of aromatic nitrogens is 2. The Morgan fingerprint density at radius 1 is 1.38 bits per heavy atom. The molecule has 5 atom stereocenters. The maximum Gasteiger partial charge on any atom is 0.475 e. The quantitative estimate of drug-likeness (QED) is 0.431. The predicted molar refractivity (Wildman–Crippen MR) is 110 cm³/mol. The van der Waals surface area contributed by atoms with Crippen LogP contribution in [0.3, 0.4) is 0 Å². The molecular formula is C19H29N2O10P. The lowest BCUT2D eigenvalue weighted by atomic mass is 9.84. The first-order valence-corrected chi connectivity index (χ1v) is 11.7. The summed E-state index contributed by atoms with van der Waals surface area (Å²) in [6.07, 6.45) is -1.87. The molecule has 2 aliphatic heterocycles. The van der Waals surface area contributed by atoms with Crippen molar-refractivity contribution in [3.05, 3.63) is 33.1 Å². The molecule has 1 aromatic heterocycles. The number of fused-ring (bicyclic) bond motifs is 1. The van der Waals surface area contributed by atoms with Crippen molar-refractivity contribution in [2.24, 2.45) is 5.41 Å². The topological polar surface area (TPSA) is 144 Å². The van der Waals surface area contributed by atoms with Crippen LogP contribution in [-0.4, -0.2) is 60.3 Å². The van der Waals surface area contributed by atoms with Crippen molar-refractivity contribution in [1.82, 2.24) is 9.55 Å². The van der Waals surface area contributed by atoms with Crippen molar-refractivity contribution < 1.29 is 37.1 Å². The summed E-state index contributed by atoms with van der Waals surface area (Å²) in [4.78, 5) is 37.7. The molecule has 0 spiro atoms. The third-order valence-corrected chi connectivity index (χ3v) is 6.68. The highest BCUT2D eigenvalue weighted by Crippen LogP contribution is 2.60. The molecule has 2 fully saturated rings. The van der Waals surface area contributed by atoms with Gasteiger partial charge in [0.2, 0.25) is 0 Å². The lowest BCUT2D eigenvalue weighted by Gasteiger charge is -2.36. The van der Waals surface area contributed by atoms with E-state index in [2.05, 4.69) is 4.98 Å². The number of carbonyl (C=O) groups is 1. The highest BCUT2D eigenvalue weighted by molar-refractivity contribution is 7.48. The van der Waals surface area contributed by atoms with Crippen LogP contribution >= 0.6 is 7.82 Å². The number of H-pyrrole nitrogens is 1. The summed E-state index contributed by atoms with van der Waals surface area (Å²) >= 11 is 0. The molecule has 2 aliphatic rings. The van der Waals surface area contributed by atoms with Crippen molar-refractivity contribution in [2.45, 2.75) is 64.8 Å². The number of aromatic amines is 1.